The standard InChI is InChI=1S/C19H21FN2O3/c1-2-25-18-8-5-13(10-21-18)17(11-23)22-19(24)16-9-15(16)12-3-6-14(20)7-4-12/h3-8,10,15-17,23H,2,9,11H2,1H3,(H,22,24)/t15-,16+,17+/m1/s1/i1D3,2D2. The Morgan fingerprint density at radius 3 is 2.92 bits per heavy atom. The summed E-state index contributed by atoms with van der Waals surface area (Å²) in [6, 6.07) is 7.99. The Kier molecular flexibility index (Phi) is 3.65. The summed E-state index contributed by atoms with van der Waals surface area (Å²) in [5.41, 5.74) is 1.33. The van der Waals surface area contributed by atoms with E-state index in [1.165, 1.54) is 30.5 Å². The monoisotopic (exact) mass is 349 g/mol. The maximum absolute atomic E-state index is 13.0. The molecule has 1 aliphatic carbocycles. The molecule has 25 heavy (non-hydrogen) atoms. The van der Waals surface area contributed by atoms with Gasteiger partial charge >= 0.3 is 0 Å². The molecule has 0 radical (unpaired) electrons. The van der Waals surface area contributed by atoms with Gasteiger partial charge < -0.3 is 15.2 Å². The fourth-order valence-electron chi connectivity index (χ4n) is 2.79. The number of nitrogens with one attached hydrogen (secondary N) is 1. The number of rotatable bonds is 7. The van der Waals surface area contributed by atoms with E-state index in [0.29, 0.717) is 12.0 Å². The topological polar surface area (TPSA) is 71.5 Å². The molecule has 132 valence electrons. The number of amides is 1. The van der Waals surface area contributed by atoms with Crippen molar-refractivity contribution in [3.63, 3.8) is 0 Å². The highest BCUT2D eigenvalue weighted by Gasteiger charge is 2.44. The quantitative estimate of drug-likeness (QED) is 0.806. The van der Waals surface area contributed by atoms with Crippen LogP contribution in [0.15, 0.2) is 42.6 Å². The van der Waals surface area contributed by atoms with E-state index in [0.717, 1.165) is 5.56 Å². The van der Waals surface area contributed by atoms with Crippen LogP contribution in [0.5, 0.6) is 5.88 Å². The molecule has 0 unspecified atom stereocenters. The Bertz CT molecular complexity index is 891. The molecule has 0 spiro atoms. The van der Waals surface area contributed by atoms with E-state index in [1.54, 1.807) is 12.1 Å². The van der Waals surface area contributed by atoms with Crippen LogP contribution >= 0.6 is 0 Å². The van der Waals surface area contributed by atoms with Crippen LogP contribution in [0.1, 0.15) is 43.2 Å². The molecule has 1 aliphatic rings. The van der Waals surface area contributed by atoms with E-state index in [4.69, 9.17) is 11.6 Å². The normalized spacial score (nSPS) is 24.0. The van der Waals surface area contributed by atoms with Crippen molar-refractivity contribution in [1.82, 2.24) is 10.3 Å². The first-order valence-corrected chi connectivity index (χ1v) is 7.83. The van der Waals surface area contributed by atoms with Crippen molar-refractivity contribution >= 4 is 5.91 Å². The molecule has 0 saturated heterocycles. The number of halogens is 1. The number of carbonyl (C=O) groups excluding carboxylic acids is 1. The molecule has 1 saturated carbocycles. The summed E-state index contributed by atoms with van der Waals surface area (Å²) < 4.78 is 54.2. The zero-order chi connectivity index (χ0) is 22.1. The summed E-state index contributed by atoms with van der Waals surface area (Å²) in [5, 5.41) is 12.4. The van der Waals surface area contributed by atoms with Gasteiger partial charge in [-0.3, -0.25) is 4.79 Å². The van der Waals surface area contributed by atoms with Gasteiger partial charge in [0.2, 0.25) is 11.8 Å². The smallest absolute Gasteiger partial charge is 0.224 e. The number of carbonyl (C=O) groups is 1. The lowest BCUT2D eigenvalue weighted by Crippen LogP contribution is -2.32. The number of pyridine rings is 1. The third-order valence-corrected chi connectivity index (χ3v) is 4.24. The van der Waals surface area contributed by atoms with Crippen LogP contribution in [-0.4, -0.2) is 29.2 Å². The van der Waals surface area contributed by atoms with Crippen molar-refractivity contribution in [2.75, 3.05) is 13.2 Å². The van der Waals surface area contributed by atoms with Crippen molar-refractivity contribution in [3.05, 3.63) is 59.5 Å². The molecule has 1 aromatic heterocycles. The fraction of sp³-hybridized carbons (Fsp3) is 0.368. The number of aromatic nitrogens is 1. The van der Waals surface area contributed by atoms with Gasteiger partial charge in [-0.2, -0.15) is 0 Å². The van der Waals surface area contributed by atoms with E-state index in [9.17, 15) is 14.3 Å². The number of hydrogen-bond acceptors (Lipinski definition) is 4. The average molecular weight is 349 g/mol. The van der Waals surface area contributed by atoms with Gasteiger partial charge in [0.25, 0.3) is 0 Å². The molecular weight excluding hydrogens is 323 g/mol. The van der Waals surface area contributed by atoms with E-state index < -0.39 is 26.1 Å². The van der Waals surface area contributed by atoms with Gasteiger partial charge in [-0.15, -0.1) is 0 Å². The lowest BCUT2D eigenvalue weighted by molar-refractivity contribution is -0.123. The van der Waals surface area contributed by atoms with Gasteiger partial charge in [0.1, 0.15) is 5.82 Å². The Morgan fingerprint density at radius 2 is 2.28 bits per heavy atom. The van der Waals surface area contributed by atoms with Crippen molar-refractivity contribution in [3.8, 4) is 5.88 Å². The van der Waals surface area contributed by atoms with Crippen LogP contribution in [0.4, 0.5) is 4.39 Å². The van der Waals surface area contributed by atoms with E-state index in [2.05, 4.69) is 10.3 Å². The molecule has 2 N–H and O–H groups in total. The lowest BCUT2D eigenvalue weighted by atomic mass is 10.1. The molecule has 1 fully saturated rings. The molecule has 3 atom stereocenters. The highest BCUT2D eigenvalue weighted by Crippen LogP contribution is 2.47. The number of nitrogens with zero attached hydrogens (tertiary/aromatic N) is 1. The maximum atomic E-state index is 13.0. The number of aliphatic hydroxyl groups excluding tert-OH is 1. The minimum atomic E-state index is -2.99. The first-order chi connectivity index (χ1) is 14.0. The second kappa shape index (κ2) is 7.61. The maximum Gasteiger partial charge on any atom is 0.224 e. The highest BCUT2D eigenvalue weighted by molar-refractivity contribution is 5.83. The molecule has 1 aromatic carbocycles. The van der Waals surface area contributed by atoms with Crippen molar-refractivity contribution < 1.29 is 25.9 Å². The highest BCUT2D eigenvalue weighted by atomic mass is 19.1. The summed E-state index contributed by atoms with van der Waals surface area (Å²) in [6.07, 6.45) is 1.90. The van der Waals surface area contributed by atoms with E-state index >= 15 is 0 Å². The van der Waals surface area contributed by atoms with Gasteiger partial charge in [-0.25, -0.2) is 9.37 Å². The minimum Gasteiger partial charge on any atom is -0.478 e. The van der Waals surface area contributed by atoms with E-state index in [-0.39, 0.29) is 29.4 Å². The van der Waals surface area contributed by atoms with Crippen LogP contribution in [0.3, 0.4) is 0 Å². The number of hydrogen-bond donors (Lipinski definition) is 2. The zero-order valence-electron chi connectivity index (χ0n) is 18.3. The zero-order valence-corrected chi connectivity index (χ0v) is 13.3. The van der Waals surface area contributed by atoms with Gasteiger partial charge in [0, 0.05) is 22.3 Å². The van der Waals surface area contributed by atoms with Gasteiger partial charge in [-0.05, 0) is 48.5 Å². The summed E-state index contributed by atoms with van der Waals surface area (Å²) in [6.45, 7) is -6.29. The number of aliphatic hydroxyl groups is 1. The predicted octanol–water partition coefficient (Wildman–Crippen LogP) is 2.57. The third kappa shape index (κ3) is 4.14. The van der Waals surface area contributed by atoms with E-state index in [1.807, 2.05) is 0 Å². The Hall–Kier alpha value is -2.47. The summed E-state index contributed by atoms with van der Waals surface area (Å²) in [7, 11) is 0. The second-order valence-electron chi connectivity index (χ2n) is 5.88. The molecule has 5 nitrogen and oxygen atoms in total. The molecule has 2 aromatic rings. The van der Waals surface area contributed by atoms with Gasteiger partial charge in [-0.1, -0.05) is 12.1 Å². The van der Waals surface area contributed by atoms with Crippen molar-refractivity contribution in [1.29, 1.82) is 0 Å². The molecular formula is C19H21FN2O3. The van der Waals surface area contributed by atoms with Crippen molar-refractivity contribution in [2.24, 2.45) is 5.92 Å². The second-order valence-corrected chi connectivity index (χ2v) is 5.88. The van der Waals surface area contributed by atoms with Crippen LogP contribution in [0.2, 0.25) is 0 Å². The first-order valence-electron chi connectivity index (χ1n) is 10.3. The number of ether oxygens (including phenoxy) is 1. The SMILES string of the molecule is [2H]C([2H])([2H])C([2H])([2H])Oc1ccc([C@H](CO)NC(=O)[C@H]2C[C@@H]2c2ccc(F)cc2)cn1. The number of benzene rings is 1. The Morgan fingerprint density at radius 1 is 1.48 bits per heavy atom. The van der Waals surface area contributed by atoms with Gasteiger partial charge in [0.05, 0.1) is 21.9 Å². The van der Waals surface area contributed by atoms with Crippen LogP contribution in [-0.2, 0) is 4.79 Å². The summed E-state index contributed by atoms with van der Waals surface area (Å²) in [4.78, 5) is 16.4. The van der Waals surface area contributed by atoms with Crippen molar-refractivity contribution in [2.45, 2.75) is 25.2 Å². The van der Waals surface area contributed by atoms with Gasteiger partial charge in [0.15, 0.2) is 0 Å². The minimum absolute atomic E-state index is 0.000888. The molecule has 6 heteroatoms. The van der Waals surface area contributed by atoms with Crippen LogP contribution in [0, 0.1) is 11.7 Å². The summed E-state index contributed by atoms with van der Waals surface area (Å²) >= 11 is 0. The van der Waals surface area contributed by atoms with Crippen LogP contribution in [0.25, 0.3) is 0 Å². The van der Waals surface area contributed by atoms with Crippen LogP contribution < -0.4 is 10.1 Å². The largest absolute Gasteiger partial charge is 0.478 e. The molecule has 0 bridgehead atoms. The third-order valence-electron chi connectivity index (χ3n) is 4.24. The molecule has 0 aliphatic heterocycles. The first kappa shape index (κ1) is 12.0. The Labute approximate surface area is 152 Å². The molecule has 1 amide bonds. The predicted molar refractivity (Wildman–Crippen MR) is 90.6 cm³/mol. The lowest BCUT2D eigenvalue weighted by Gasteiger charge is -2.17. The molecule has 1 heterocycles. The fourth-order valence-corrected chi connectivity index (χ4v) is 2.79. The Balaban J connectivity index is 1.61. The summed E-state index contributed by atoms with van der Waals surface area (Å²) in [5.74, 6) is -1.09. The molecule has 3 rings (SSSR count). The average Bonchev–Trinajstić information content (AvgIpc) is 3.47.